The SMILES string of the molecule is CCC(CC)[C@@H](Oc1ccc(C(F)(F)F)cc1)[C@H](C)OC(=O)[C@@H](NC(=O)c1nccc(OC)c1OCOC(C)=O)C(C)C. The van der Waals surface area contributed by atoms with Gasteiger partial charge in [0.15, 0.2) is 17.2 Å². The van der Waals surface area contributed by atoms with Gasteiger partial charge in [-0.1, -0.05) is 27.7 Å². The van der Waals surface area contributed by atoms with Gasteiger partial charge in [-0.25, -0.2) is 9.78 Å². The number of alkyl halides is 3. The second kappa shape index (κ2) is 16.0. The molecule has 0 spiro atoms. The molecule has 1 amide bonds. The zero-order chi connectivity index (χ0) is 32.3. The van der Waals surface area contributed by atoms with Crippen molar-refractivity contribution in [2.24, 2.45) is 11.8 Å². The fourth-order valence-electron chi connectivity index (χ4n) is 4.30. The molecule has 0 aliphatic carbocycles. The van der Waals surface area contributed by atoms with Gasteiger partial charge in [0.05, 0.1) is 12.7 Å². The van der Waals surface area contributed by atoms with Gasteiger partial charge in [-0.3, -0.25) is 9.59 Å². The molecule has 1 aromatic carbocycles. The number of nitrogens with zero attached hydrogens (tertiary/aromatic N) is 1. The average Bonchev–Trinajstić information content (AvgIpc) is 2.95. The number of hydrogen-bond donors (Lipinski definition) is 1. The Bertz CT molecular complexity index is 1220. The summed E-state index contributed by atoms with van der Waals surface area (Å²) in [6.45, 7) is 9.63. The molecule has 0 bridgehead atoms. The summed E-state index contributed by atoms with van der Waals surface area (Å²) in [6.07, 6.45) is -3.36. The van der Waals surface area contributed by atoms with Crippen molar-refractivity contribution in [3.8, 4) is 17.2 Å². The van der Waals surface area contributed by atoms with Crippen molar-refractivity contribution in [2.75, 3.05) is 13.9 Å². The minimum absolute atomic E-state index is 0.0879. The van der Waals surface area contributed by atoms with Gasteiger partial charge in [0.25, 0.3) is 5.91 Å². The van der Waals surface area contributed by atoms with E-state index in [2.05, 4.69) is 10.3 Å². The fraction of sp³-hybridized carbons (Fsp3) is 0.533. The van der Waals surface area contributed by atoms with Gasteiger partial charge in [-0.2, -0.15) is 13.2 Å². The Kier molecular flexibility index (Phi) is 13.1. The van der Waals surface area contributed by atoms with E-state index < -0.39 is 60.5 Å². The van der Waals surface area contributed by atoms with E-state index in [1.807, 2.05) is 13.8 Å². The van der Waals surface area contributed by atoms with E-state index in [1.54, 1.807) is 20.8 Å². The summed E-state index contributed by atoms with van der Waals surface area (Å²) in [4.78, 5) is 41.9. The molecule has 1 aromatic heterocycles. The summed E-state index contributed by atoms with van der Waals surface area (Å²) in [6, 6.07) is 4.65. The first-order valence-electron chi connectivity index (χ1n) is 13.9. The molecule has 43 heavy (non-hydrogen) atoms. The third kappa shape index (κ3) is 10.0. The van der Waals surface area contributed by atoms with Crippen LogP contribution in [0.15, 0.2) is 36.5 Å². The van der Waals surface area contributed by atoms with Gasteiger partial charge in [0.2, 0.25) is 6.79 Å². The number of carbonyl (C=O) groups excluding carboxylic acids is 3. The fourth-order valence-corrected chi connectivity index (χ4v) is 4.30. The van der Waals surface area contributed by atoms with Gasteiger partial charge in [-0.15, -0.1) is 0 Å². The van der Waals surface area contributed by atoms with Crippen LogP contribution in [-0.4, -0.2) is 55.0 Å². The number of carbonyl (C=O) groups is 3. The van der Waals surface area contributed by atoms with E-state index in [0.717, 1.165) is 12.1 Å². The van der Waals surface area contributed by atoms with Crippen molar-refractivity contribution >= 4 is 17.8 Å². The van der Waals surface area contributed by atoms with Crippen LogP contribution in [0.1, 0.15) is 70.4 Å². The minimum Gasteiger partial charge on any atom is -0.493 e. The Morgan fingerprint density at radius 3 is 2.14 bits per heavy atom. The van der Waals surface area contributed by atoms with Crippen molar-refractivity contribution in [3.05, 3.63) is 47.8 Å². The quantitative estimate of drug-likeness (QED) is 0.203. The number of amides is 1. The first-order chi connectivity index (χ1) is 20.2. The predicted molar refractivity (Wildman–Crippen MR) is 150 cm³/mol. The maximum atomic E-state index is 13.4. The number of ether oxygens (including phenoxy) is 5. The van der Waals surface area contributed by atoms with Crippen LogP contribution in [0.25, 0.3) is 0 Å². The average molecular weight is 613 g/mol. The van der Waals surface area contributed by atoms with Crippen LogP contribution in [0.5, 0.6) is 17.2 Å². The normalized spacial score (nSPS) is 13.6. The minimum atomic E-state index is -4.48. The van der Waals surface area contributed by atoms with E-state index in [-0.39, 0.29) is 28.9 Å². The van der Waals surface area contributed by atoms with Crippen molar-refractivity contribution in [1.82, 2.24) is 10.3 Å². The summed E-state index contributed by atoms with van der Waals surface area (Å²) in [5, 5.41) is 2.63. The van der Waals surface area contributed by atoms with Crippen molar-refractivity contribution in [2.45, 2.75) is 78.8 Å². The number of methoxy groups -OCH3 is 1. The van der Waals surface area contributed by atoms with Crippen LogP contribution < -0.4 is 19.5 Å². The standard InChI is InChI=1S/C30H39F3N2O8/c1-8-20(9-2)26(43-22-12-10-21(11-13-22)30(31,32)33)18(5)42-29(38)24(17(3)4)35-28(37)25-27(41-16-40-19(6)36)23(39-7)14-15-34-25/h10-15,17-18,20,24,26H,8-9,16H2,1-7H3,(H,35,37)/t18-,24-,26-/m0/s1. The van der Waals surface area contributed by atoms with Crippen molar-refractivity contribution in [1.29, 1.82) is 0 Å². The maximum absolute atomic E-state index is 13.4. The number of halogens is 3. The molecule has 0 fully saturated rings. The Balaban J connectivity index is 2.25. The summed E-state index contributed by atoms with van der Waals surface area (Å²) < 4.78 is 66.4. The van der Waals surface area contributed by atoms with Crippen LogP contribution in [0.4, 0.5) is 13.2 Å². The maximum Gasteiger partial charge on any atom is 0.416 e. The molecule has 2 aromatic rings. The van der Waals surface area contributed by atoms with Gasteiger partial charge in [-0.05, 0) is 55.9 Å². The predicted octanol–water partition coefficient (Wildman–Crippen LogP) is 5.58. The van der Waals surface area contributed by atoms with E-state index >= 15 is 0 Å². The topological polar surface area (TPSA) is 122 Å². The molecule has 0 aliphatic heterocycles. The largest absolute Gasteiger partial charge is 0.493 e. The van der Waals surface area contributed by atoms with Gasteiger partial charge in [0, 0.05) is 19.2 Å². The highest BCUT2D eigenvalue weighted by atomic mass is 19.4. The first kappa shape index (κ1) is 35.2. The number of pyridine rings is 1. The van der Waals surface area contributed by atoms with Crippen LogP contribution in [0.2, 0.25) is 0 Å². The van der Waals surface area contributed by atoms with Gasteiger partial charge in [0.1, 0.15) is 24.0 Å². The third-order valence-corrected chi connectivity index (χ3v) is 6.71. The Morgan fingerprint density at radius 1 is 1.00 bits per heavy atom. The van der Waals surface area contributed by atoms with Crippen molar-refractivity contribution in [3.63, 3.8) is 0 Å². The van der Waals surface area contributed by atoms with E-state index in [0.29, 0.717) is 12.8 Å². The Labute approximate surface area is 249 Å². The van der Waals surface area contributed by atoms with E-state index in [4.69, 9.17) is 23.7 Å². The lowest BCUT2D eigenvalue weighted by molar-refractivity contribution is -0.158. The molecule has 1 heterocycles. The zero-order valence-corrected chi connectivity index (χ0v) is 25.3. The number of nitrogens with one attached hydrogen (secondary N) is 1. The number of rotatable bonds is 15. The number of esters is 2. The van der Waals surface area contributed by atoms with Gasteiger partial charge >= 0.3 is 18.1 Å². The molecular weight excluding hydrogens is 573 g/mol. The van der Waals surface area contributed by atoms with Crippen LogP contribution in [0, 0.1) is 11.8 Å². The van der Waals surface area contributed by atoms with E-state index in [1.165, 1.54) is 38.4 Å². The van der Waals surface area contributed by atoms with Crippen LogP contribution in [-0.2, 0) is 25.2 Å². The molecule has 0 unspecified atom stereocenters. The smallest absolute Gasteiger partial charge is 0.416 e. The number of aromatic nitrogens is 1. The lowest BCUT2D eigenvalue weighted by Gasteiger charge is -2.32. The van der Waals surface area contributed by atoms with Crippen LogP contribution in [0.3, 0.4) is 0 Å². The summed E-state index contributed by atoms with van der Waals surface area (Å²) in [7, 11) is 1.36. The second-order valence-corrected chi connectivity index (χ2v) is 10.1. The van der Waals surface area contributed by atoms with Crippen LogP contribution >= 0.6 is 0 Å². The Hall–Kier alpha value is -4.03. The summed E-state index contributed by atoms with van der Waals surface area (Å²) in [5.41, 5.74) is -1.02. The highest BCUT2D eigenvalue weighted by Gasteiger charge is 2.35. The molecule has 3 atom stereocenters. The lowest BCUT2D eigenvalue weighted by atomic mass is 9.93. The third-order valence-electron chi connectivity index (χ3n) is 6.71. The molecule has 0 saturated carbocycles. The molecule has 10 nitrogen and oxygen atoms in total. The molecular formula is C30H39F3N2O8. The molecule has 1 N–H and O–H groups in total. The first-order valence-corrected chi connectivity index (χ1v) is 13.9. The molecule has 0 aliphatic rings. The summed E-state index contributed by atoms with van der Waals surface area (Å²) >= 11 is 0. The van der Waals surface area contributed by atoms with Gasteiger partial charge < -0.3 is 29.0 Å². The molecule has 13 heteroatoms. The highest BCUT2D eigenvalue weighted by molar-refractivity contribution is 5.98. The second-order valence-electron chi connectivity index (χ2n) is 10.1. The Morgan fingerprint density at radius 2 is 1.63 bits per heavy atom. The number of benzene rings is 1. The number of hydrogen-bond acceptors (Lipinski definition) is 9. The zero-order valence-electron chi connectivity index (χ0n) is 25.3. The molecule has 2 rings (SSSR count). The summed E-state index contributed by atoms with van der Waals surface area (Å²) in [5.74, 6) is -2.35. The van der Waals surface area contributed by atoms with Crippen molar-refractivity contribution < 1.29 is 51.2 Å². The monoisotopic (exact) mass is 612 g/mol. The molecule has 238 valence electrons. The highest BCUT2D eigenvalue weighted by Crippen LogP contribution is 2.32. The molecule has 0 saturated heterocycles. The molecule has 0 radical (unpaired) electrons. The van der Waals surface area contributed by atoms with E-state index in [9.17, 15) is 27.6 Å². The lowest BCUT2D eigenvalue weighted by Crippen LogP contribution is -2.48.